The number of rotatable bonds is 4. The molecule has 5 nitrogen and oxygen atoms in total. The number of likely N-dealkylation sites (N-methyl/N-ethyl adjacent to an activating group) is 2. The van der Waals surface area contributed by atoms with E-state index in [0.29, 0.717) is 17.5 Å². The Hall–Kier alpha value is -1.36. The van der Waals surface area contributed by atoms with Crippen LogP contribution >= 0.6 is 11.6 Å². The van der Waals surface area contributed by atoms with E-state index in [0.717, 1.165) is 11.4 Å². The number of carbonyl (C=O) groups excluding carboxylic acids is 1. The van der Waals surface area contributed by atoms with Crippen LogP contribution in [-0.4, -0.2) is 36.0 Å². The lowest BCUT2D eigenvalue weighted by Crippen LogP contribution is -2.37. The minimum Gasteiger partial charge on any atom is -0.358 e. The summed E-state index contributed by atoms with van der Waals surface area (Å²) < 4.78 is 0. The molecule has 1 rings (SSSR count). The zero-order valence-electron chi connectivity index (χ0n) is 13.0. The lowest BCUT2D eigenvalue weighted by molar-refractivity contribution is -0.119. The van der Waals surface area contributed by atoms with Crippen molar-refractivity contribution in [3.63, 3.8) is 0 Å². The van der Waals surface area contributed by atoms with Crippen molar-refractivity contribution in [1.29, 1.82) is 0 Å². The highest BCUT2D eigenvalue weighted by Crippen LogP contribution is 2.28. The Morgan fingerprint density at radius 1 is 1.35 bits per heavy atom. The van der Waals surface area contributed by atoms with Gasteiger partial charge in [-0.1, -0.05) is 32.4 Å². The summed E-state index contributed by atoms with van der Waals surface area (Å²) >= 11 is 6.22. The Kier molecular flexibility index (Phi) is 5.34. The fraction of sp³-hybridized carbons (Fsp3) is 0.643. The van der Waals surface area contributed by atoms with Crippen LogP contribution in [0.25, 0.3) is 0 Å². The van der Waals surface area contributed by atoms with Gasteiger partial charge in [0.25, 0.3) is 0 Å². The average molecular weight is 299 g/mol. The third-order valence-electron chi connectivity index (χ3n) is 3.03. The van der Waals surface area contributed by atoms with Gasteiger partial charge >= 0.3 is 0 Å². The van der Waals surface area contributed by atoms with Gasteiger partial charge in [0, 0.05) is 24.6 Å². The van der Waals surface area contributed by atoms with Crippen LogP contribution in [0.2, 0.25) is 5.15 Å². The highest BCUT2D eigenvalue weighted by atomic mass is 35.5. The first kappa shape index (κ1) is 16.7. The molecule has 0 atom stereocenters. The summed E-state index contributed by atoms with van der Waals surface area (Å²) in [5.41, 5.74) is 0.601. The van der Waals surface area contributed by atoms with Crippen molar-refractivity contribution in [1.82, 2.24) is 15.3 Å². The van der Waals surface area contributed by atoms with Gasteiger partial charge in [-0.25, -0.2) is 9.97 Å². The number of hydrogen-bond acceptors (Lipinski definition) is 4. The molecular weight excluding hydrogens is 276 g/mol. The van der Waals surface area contributed by atoms with Crippen LogP contribution in [0.5, 0.6) is 0 Å². The molecule has 1 amide bonds. The van der Waals surface area contributed by atoms with Gasteiger partial charge in [0.1, 0.15) is 16.8 Å². The number of aromatic nitrogens is 2. The van der Waals surface area contributed by atoms with Gasteiger partial charge in [0.2, 0.25) is 5.91 Å². The second kappa shape index (κ2) is 6.39. The van der Waals surface area contributed by atoms with Crippen LogP contribution in [0, 0.1) is 6.92 Å². The molecule has 0 radical (unpaired) electrons. The molecule has 0 aromatic carbocycles. The molecule has 112 valence electrons. The Morgan fingerprint density at radius 2 is 1.95 bits per heavy atom. The molecule has 0 aliphatic carbocycles. The third kappa shape index (κ3) is 3.82. The standard InChI is InChI=1S/C14H23ClN4O/c1-7-19(8-10(20)16-6)12-9(2)11(15)17-13(18-12)14(3,4)5/h7-8H2,1-6H3,(H,16,20). The van der Waals surface area contributed by atoms with Gasteiger partial charge in [-0.15, -0.1) is 0 Å². The van der Waals surface area contributed by atoms with E-state index in [1.54, 1.807) is 7.05 Å². The van der Waals surface area contributed by atoms with E-state index in [1.807, 2.05) is 39.5 Å². The van der Waals surface area contributed by atoms with Crippen molar-refractivity contribution < 1.29 is 4.79 Å². The van der Waals surface area contributed by atoms with Crippen LogP contribution in [0.15, 0.2) is 0 Å². The van der Waals surface area contributed by atoms with E-state index >= 15 is 0 Å². The van der Waals surface area contributed by atoms with Gasteiger partial charge < -0.3 is 10.2 Å². The van der Waals surface area contributed by atoms with Crippen LogP contribution < -0.4 is 10.2 Å². The SMILES string of the molecule is CCN(CC(=O)NC)c1nc(C(C)(C)C)nc(Cl)c1C. The maximum Gasteiger partial charge on any atom is 0.239 e. The lowest BCUT2D eigenvalue weighted by Gasteiger charge is -2.26. The summed E-state index contributed by atoms with van der Waals surface area (Å²) in [6.45, 7) is 10.9. The number of nitrogens with one attached hydrogen (secondary N) is 1. The maximum absolute atomic E-state index is 11.6. The van der Waals surface area contributed by atoms with Crippen LogP contribution in [0.4, 0.5) is 5.82 Å². The van der Waals surface area contributed by atoms with Gasteiger partial charge in [0.15, 0.2) is 0 Å². The molecule has 0 fully saturated rings. The van der Waals surface area contributed by atoms with Crippen LogP contribution in [0.3, 0.4) is 0 Å². The first-order valence-electron chi connectivity index (χ1n) is 6.70. The molecule has 1 heterocycles. The molecule has 20 heavy (non-hydrogen) atoms. The zero-order valence-corrected chi connectivity index (χ0v) is 13.8. The summed E-state index contributed by atoms with van der Waals surface area (Å²) in [6, 6.07) is 0. The predicted molar refractivity (Wildman–Crippen MR) is 82.4 cm³/mol. The minimum atomic E-state index is -0.196. The van der Waals surface area contributed by atoms with E-state index in [1.165, 1.54) is 0 Å². The van der Waals surface area contributed by atoms with E-state index in [2.05, 4.69) is 15.3 Å². The summed E-state index contributed by atoms with van der Waals surface area (Å²) in [4.78, 5) is 22.5. The third-order valence-corrected chi connectivity index (χ3v) is 3.39. The minimum absolute atomic E-state index is 0.0571. The van der Waals surface area contributed by atoms with E-state index in [-0.39, 0.29) is 17.9 Å². The van der Waals surface area contributed by atoms with Crippen molar-refractivity contribution >= 4 is 23.3 Å². The van der Waals surface area contributed by atoms with Crippen molar-refractivity contribution in [2.75, 3.05) is 25.0 Å². The average Bonchev–Trinajstić information content (AvgIpc) is 2.37. The molecule has 1 aromatic rings. The van der Waals surface area contributed by atoms with Crippen LogP contribution in [0.1, 0.15) is 39.1 Å². The second-order valence-corrected chi connectivity index (χ2v) is 6.08. The molecule has 1 aromatic heterocycles. The monoisotopic (exact) mass is 298 g/mol. The smallest absolute Gasteiger partial charge is 0.239 e. The molecule has 0 aliphatic heterocycles. The van der Waals surface area contributed by atoms with Crippen molar-refractivity contribution in [3.8, 4) is 0 Å². The van der Waals surface area contributed by atoms with E-state index in [9.17, 15) is 4.79 Å². The van der Waals surface area contributed by atoms with Crippen molar-refractivity contribution in [2.24, 2.45) is 0 Å². The number of nitrogens with zero attached hydrogens (tertiary/aromatic N) is 3. The van der Waals surface area contributed by atoms with Crippen molar-refractivity contribution in [2.45, 2.75) is 40.0 Å². The highest BCUT2D eigenvalue weighted by Gasteiger charge is 2.23. The fourth-order valence-corrected chi connectivity index (χ4v) is 1.87. The molecule has 6 heteroatoms. The predicted octanol–water partition coefficient (Wildman–Crippen LogP) is 2.31. The van der Waals surface area contributed by atoms with Gasteiger partial charge in [0.05, 0.1) is 6.54 Å². The molecule has 0 saturated heterocycles. The maximum atomic E-state index is 11.6. The Bertz CT molecular complexity index is 497. The summed E-state index contributed by atoms with van der Waals surface area (Å²) in [5.74, 6) is 1.35. The molecule has 0 aliphatic rings. The van der Waals surface area contributed by atoms with Crippen molar-refractivity contribution in [3.05, 3.63) is 16.5 Å². The van der Waals surface area contributed by atoms with E-state index < -0.39 is 0 Å². The zero-order chi connectivity index (χ0) is 15.5. The van der Waals surface area contributed by atoms with Gasteiger partial charge in [-0.2, -0.15) is 0 Å². The topological polar surface area (TPSA) is 58.1 Å². The molecule has 0 saturated carbocycles. The van der Waals surface area contributed by atoms with E-state index in [4.69, 9.17) is 11.6 Å². The molecular formula is C14H23ClN4O. The largest absolute Gasteiger partial charge is 0.358 e. The molecule has 0 unspecified atom stereocenters. The Morgan fingerprint density at radius 3 is 2.40 bits per heavy atom. The lowest BCUT2D eigenvalue weighted by atomic mass is 9.95. The van der Waals surface area contributed by atoms with Crippen LogP contribution in [-0.2, 0) is 10.2 Å². The molecule has 1 N–H and O–H groups in total. The first-order chi connectivity index (χ1) is 9.20. The fourth-order valence-electron chi connectivity index (χ4n) is 1.71. The molecule has 0 bridgehead atoms. The Labute approximate surface area is 125 Å². The van der Waals surface area contributed by atoms with Gasteiger partial charge in [-0.05, 0) is 13.8 Å². The quantitative estimate of drug-likeness (QED) is 0.867. The highest BCUT2D eigenvalue weighted by molar-refractivity contribution is 6.30. The van der Waals surface area contributed by atoms with Gasteiger partial charge in [-0.3, -0.25) is 4.79 Å². The second-order valence-electron chi connectivity index (χ2n) is 5.72. The number of anilines is 1. The number of halogens is 1. The summed E-state index contributed by atoms with van der Waals surface area (Å²) in [5, 5.41) is 3.06. The Balaban J connectivity index is 3.27. The summed E-state index contributed by atoms with van der Waals surface area (Å²) in [6.07, 6.45) is 0. The number of carbonyl (C=O) groups is 1. The first-order valence-corrected chi connectivity index (χ1v) is 7.08. The summed E-state index contributed by atoms with van der Waals surface area (Å²) in [7, 11) is 1.62. The number of hydrogen-bond donors (Lipinski definition) is 1. The normalized spacial score (nSPS) is 11.3. The molecule has 0 spiro atoms. The number of amides is 1.